The molecule has 0 spiro atoms. The Kier molecular flexibility index (Phi) is 6.43. The van der Waals surface area contributed by atoms with Gasteiger partial charge >= 0.3 is 5.97 Å². The Hall–Kier alpha value is -1.89. The van der Waals surface area contributed by atoms with Crippen LogP contribution in [0.5, 0.6) is 0 Å². The highest BCUT2D eigenvalue weighted by Gasteiger charge is 2.34. The molecule has 7 heteroatoms. The number of rotatable bonds is 5. The third-order valence-electron chi connectivity index (χ3n) is 5.70. The summed E-state index contributed by atoms with van der Waals surface area (Å²) in [6, 6.07) is 0. The van der Waals surface area contributed by atoms with Crippen molar-refractivity contribution in [1.29, 1.82) is 0 Å². The predicted molar refractivity (Wildman–Crippen MR) is 105 cm³/mol. The first-order valence-electron chi connectivity index (χ1n) is 10.1. The number of ether oxygens (including phenoxy) is 1. The first-order valence-corrected chi connectivity index (χ1v) is 11.0. The van der Waals surface area contributed by atoms with Crippen LogP contribution in [0.1, 0.15) is 73.7 Å². The van der Waals surface area contributed by atoms with Gasteiger partial charge in [0.1, 0.15) is 5.00 Å². The quantitative estimate of drug-likeness (QED) is 0.759. The Labute approximate surface area is 169 Å². The van der Waals surface area contributed by atoms with Gasteiger partial charge in [0.25, 0.3) is 0 Å². The van der Waals surface area contributed by atoms with Crippen LogP contribution in [-0.4, -0.2) is 23.9 Å². The second-order valence-corrected chi connectivity index (χ2v) is 9.42. The van der Waals surface area contributed by atoms with E-state index < -0.39 is 23.8 Å². The number of carbonyl (C=O) groups excluding carboxylic acids is 3. The molecule has 154 valence electrons. The van der Waals surface area contributed by atoms with Gasteiger partial charge in [0.15, 0.2) is 0 Å². The second kappa shape index (κ2) is 8.64. The molecule has 1 N–H and O–H groups in total. The maximum Gasteiger partial charge on any atom is 0.341 e. The summed E-state index contributed by atoms with van der Waals surface area (Å²) in [6.45, 7) is 5.77. The molecule has 1 fully saturated rings. The lowest BCUT2D eigenvalue weighted by molar-refractivity contribution is -0.313. The average molecular weight is 407 g/mol. The van der Waals surface area contributed by atoms with Gasteiger partial charge in [-0.05, 0) is 57.4 Å². The summed E-state index contributed by atoms with van der Waals surface area (Å²) in [5.74, 6) is -2.78. The second-order valence-electron chi connectivity index (χ2n) is 8.32. The summed E-state index contributed by atoms with van der Waals surface area (Å²) in [7, 11) is 0. The van der Waals surface area contributed by atoms with Gasteiger partial charge in [0.2, 0.25) is 5.91 Å². The lowest BCUT2D eigenvalue weighted by atomic mass is 9.78. The zero-order chi connectivity index (χ0) is 20.4. The van der Waals surface area contributed by atoms with E-state index in [1.807, 2.05) is 0 Å². The summed E-state index contributed by atoms with van der Waals surface area (Å²) < 4.78 is 5.43. The van der Waals surface area contributed by atoms with Crippen molar-refractivity contribution in [3.63, 3.8) is 0 Å². The Morgan fingerprint density at radius 1 is 1.14 bits per heavy atom. The van der Waals surface area contributed by atoms with E-state index in [0.29, 0.717) is 29.3 Å². The zero-order valence-electron chi connectivity index (χ0n) is 16.7. The monoisotopic (exact) mass is 406 g/mol. The number of nitrogens with one attached hydrogen (secondary N) is 1. The van der Waals surface area contributed by atoms with E-state index in [2.05, 4.69) is 12.2 Å². The number of carboxylic acid groups (broad SMARTS) is 1. The minimum absolute atomic E-state index is 0.255. The normalized spacial score (nSPS) is 24.5. The van der Waals surface area contributed by atoms with E-state index in [1.165, 1.54) is 11.3 Å². The van der Waals surface area contributed by atoms with E-state index in [9.17, 15) is 19.5 Å². The molecule has 1 aromatic heterocycles. The Balaban J connectivity index is 1.89. The van der Waals surface area contributed by atoms with Crippen molar-refractivity contribution in [1.82, 2.24) is 0 Å². The van der Waals surface area contributed by atoms with Crippen molar-refractivity contribution in [2.75, 3.05) is 5.32 Å². The number of carbonyl (C=O) groups is 3. The molecule has 1 amide bonds. The maximum atomic E-state index is 12.9. The number of amides is 1. The molecule has 28 heavy (non-hydrogen) atoms. The lowest BCUT2D eigenvalue weighted by Gasteiger charge is -2.31. The molecule has 2 aliphatic carbocycles. The highest BCUT2D eigenvalue weighted by Crippen LogP contribution is 2.41. The number of aliphatic carboxylic acids is 1. The van der Waals surface area contributed by atoms with E-state index >= 15 is 0 Å². The molecular formula is C21H28NO5S-. The number of esters is 1. The molecule has 3 rings (SSSR count). The summed E-state index contributed by atoms with van der Waals surface area (Å²) in [4.78, 5) is 38.2. The fourth-order valence-electron chi connectivity index (χ4n) is 4.26. The third-order valence-corrected chi connectivity index (χ3v) is 6.87. The number of thiophene rings is 1. The molecule has 2 aliphatic rings. The minimum Gasteiger partial charge on any atom is -0.550 e. The molecular weight excluding hydrogens is 378 g/mol. The SMILES string of the molecule is CC(C)OC(=O)c1c(NC(=O)[C@@H]2CCCC[C@@H]2C(=O)[O-])sc2c1CC[C@H](C)C2. The standard InChI is InChI=1S/C21H29NO5S/c1-11(2)27-21(26)17-15-9-8-12(3)10-16(15)28-19(17)22-18(23)13-6-4-5-7-14(13)20(24)25/h11-14H,4-10H2,1-3H3,(H,22,23)(H,24,25)/p-1/t12-,13+,14-/m0/s1. The van der Waals surface area contributed by atoms with Gasteiger partial charge in [-0.15, -0.1) is 11.3 Å². The lowest BCUT2D eigenvalue weighted by Crippen LogP contribution is -2.42. The van der Waals surface area contributed by atoms with Crippen LogP contribution in [0, 0.1) is 17.8 Å². The summed E-state index contributed by atoms with van der Waals surface area (Å²) in [6.07, 6.45) is 5.00. The van der Waals surface area contributed by atoms with E-state index in [0.717, 1.165) is 42.5 Å². The number of fused-ring (bicyclic) bond motifs is 1. The molecule has 1 heterocycles. The molecule has 1 aromatic rings. The van der Waals surface area contributed by atoms with Crippen molar-refractivity contribution in [2.24, 2.45) is 17.8 Å². The summed E-state index contributed by atoms with van der Waals surface area (Å²) in [5.41, 5.74) is 1.43. The van der Waals surface area contributed by atoms with Crippen molar-refractivity contribution < 1.29 is 24.2 Å². The van der Waals surface area contributed by atoms with Gasteiger partial charge in [-0.3, -0.25) is 4.79 Å². The topological polar surface area (TPSA) is 95.5 Å². The van der Waals surface area contributed by atoms with Gasteiger partial charge in [-0.25, -0.2) is 4.79 Å². The Morgan fingerprint density at radius 3 is 2.46 bits per heavy atom. The van der Waals surface area contributed by atoms with Crippen LogP contribution < -0.4 is 10.4 Å². The maximum absolute atomic E-state index is 12.9. The van der Waals surface area contributed by atoms with Crippen LogP contribution in [-0.2, 0) is 27.2 Å². The van der Waals surface area contributed by atoms with E-state index in [4.69, 9.17) is 4.74 Å². The smallest absolute Gasteiger partial charge is 0.341 e. The molecule has 0 radical (unpaired) electrons. The average Bonchev–Trinajstić information content (AvgIpc) is 2.97. The van der Waals surface area contributed by atoms with Gasteiger partial charge in [-0.1, -0.05) is 19.8 Å². The molecule has 0 aliphatic heterocycles. The fraction of sp³-hybridized carbons (Fsp3) is 0.667. The molecule has 0 aromatic carbocycles. The van der Waals surface area contributed by atoms with E-state index in [1.54, 1.807) is 13.8 Å². The molecule has 3 atom stereocenters. The Morgan fingerprint density at radius 2 is 1.82 bits per heavy atom. The molecule has 0 unspecified atom stereocenters. The van der Waals surface area contributed by atoms with Crippen molar-refractivity contribution in [3.8, 4) is 0 Å². The van der Waals surface area contributed by atoms with Crippen molar-refractivity contribution in [2.45, 2.75) is 71.8 Å². The van der Waals surface area contributed by atoms with Crippen LogP contribution in [0.4, 0.5) is 5.00 Å². The van der Waals surface area contributed by atoms with Crippen LogP contribution in [0.3, 0.4) is 0 Å². The van der Waals surface area contributed by atoms with Gasteiger partial charge in [0, 0.05) is 22.7 Å². The van der Waals surface area contributed by atoms with Crippen LogP contribution in [0.15, 0.2) is 0 Å². The number of anilines is 1. The first kappa shape index (κ1) is 20.8. The highest BCUT2D eigenvalue weighted by atomic mass is 32.1. The van der Waals surface area contributed by atoms with Gasteiger partial charge in [0.05, 0.1) is 11.7 Å². The van der Waals surface area contributed by atoms with Gasteiger partial charge < -0.3 is 20.0 Å². The number of carboxylic acids is 1. The minimum atomic E-state index is -1.17. The van der Waals surface area contributed by atoms with Crippen LogP contribution >= 0.6 is 11.3 Å². The Bertz CT molecular complexity index is 769. The third kappa shape index (κ3) is 4.40. The van der Waals surface area contributed by atoms with Crippen molar-refractivity contribution >= 4 is 34.2 Å². The summed E-state index contributed by atoms with van der Waals surface area (Å²) in [5, 5.41) is 14.8. The number of hydrogen-bond acceptors (Lipinski definition) is 6. The zero-order valence-corrected chi connectivity index (χ0v) is 17.5. The van der Waals surface area contributed by atoms with Crippen LogP contribution in [0.2, 0.25) is 0 Å². The van der Waals surface area contributed by atoms with Gasteiger partial charge in [-0.2, -0.15) is 0 Å². The first-order chi connectivity index (χ1) is 13.3. The van der Waals surface area contributed by atoms with Crippen LogP contribution in [0.25, 0.3) is 0 Å². The molecule has 6 nitrogen and oxygen atoms in total. The molecule has 0 bridgehead atoms. The predicted octanol–water partition coefficient (Wildman–Crippen LogP) is 2.93. The molecule has 1 saturated carbocycles. The largest absolute Gasteiger partial charge is 0.550 e. The fourth-order valence-corrected chi connectivity index (χ4v) is 5.66. The highest BCUT2D eigenvalue weighted by molar-refractivity contribution is 7.17. The van der Waals surface area contributed by atoms with Crippen molar-refractivity contribution in [3.05, 3.63) is 16.0 Å². The molecule has 0 saturated heterocycles. The summed E-state index contributed by atoms with van der Waals surface area (Å²) >= 11 is 1.43. The van der Waals surface area contributed by atoms with E-state index in [-0.39, 0.29) is 12.0 Å². The number of hydrogen-bond donors (Lipinski definition) is 1.